The lowest BCUT2D eigenvalue weighted by Gasteiger charge is -2.23. The molecule has 1 aromatic rings. The second-order valence-corrected chi connectivity index (χ2v) is 4.71. The first-order valence-electron chi connectivity index (χ1n) is 4.88. The number of hydrogen-bond acceptors (Lipinski definition) is 2. The van der Waals surface area contributed by atoms with E-state index in [4.69, 9.17) is 18.0 Å². The summed E-state index contributed by atoms with van der Waals surface area (Å²) in [6.07, 6.45) is 4.42. The molecule has 1 aromatic heterocycles. The van der Waals surface area contributed by atoms with Crippen molar-refractivity contribution >= 4 is 17.2 Å². The normalized spacial score (nSPS) is 11.3. The minimum absolute atomic E-state index is 0.0276. The van der Waals surface area contributed by atoms with Crippen molar-refractivity contribution in [3.05, 3.63) is 34.7 Å². The summed E-state index contributed by atoms with van der Waals surface area (Å²) >= 11 is 4.99. The highest BCUT2D eigenvalue weighted by molar-refractivity contribution is 7.80. The quantitative estimate of drug-likeness (QED) is 0.789. The Labute approximate surface area is 94.9 Å². The van der Waals surface area contributed by atoms with E-state index < -0.39 is 0 Å². The van der Waals surface area contributed by atoms with Crippen molar-refractivity contribution in [1.82, 2.24) is 4.57 Å². The van der Waals surface area contributed by atoms with E-state index in [9.17, 15) is 4.79 Å². The lowest BCUT2D eigenvalue weighted by atomic mass is 9.89. The molecule has 15 heavy (non-hydrogen) atoms. The maximum Gasteiger partial charge on any atom is 0.181 e. The zero-order valence-electron chi connectivity index (χ0n) is 9.06. The Morgan fingerprint density at radius 1 is 1.47 bits per heavy atom. The van der Waals surface area contributed by atoms with Crippen LogP contribution in [0.3, 0.4) is 0 Å². The Morgan fingerprint density at radius 3 is 2.47 bits per heavy atom. The molecule has 0 bridgehead atoms. The molecule has 0 aromatic carbocycles. The molecule has 0 saturated heterocycles. The topological polar surface area (TPSA) is 48.0 Å². The Hall–Kier alpha value is -1.16. The molecule has 0 saturated carbocycles. The number of nitrogens with two attached hydrogens (primary N) is 1. The summed E-state index contributed by atoms with van der Waals surface area (Å²) in [4.78, 5) is 11.4. The van der Waals surface area contributed by atoms with Crippen LogP contribution in [-0.4, -0.2) is 9.56 Å². The van der Waals surface area contributed by atoms with Gasteiger partial charge >= 0.3 is 0 Å². The Bertz CT molecular complexity index is 389. The van der Waals surface area contributed by atoms with Gasteiger partial charge in [-0.3, -0.25) is 4.79 Å². The Kier molecular flexibility index (Phi) is 3.63. The van der Waals surface area contributed by atoms with Crippen LogP contribution in [0.4, 0.5) is 0 Å². The summed E-state index contributed by atoms with van der Waals surface area (Å²) in [7, 11) is 0. The summed E-state index contributed by atoms with van der Waals surface area (Å²) in [6, 6.07) is 3.10. The van der Waals surface area contributed by atoms with Crippen LogP contribution in [0.25, 0.3) is 0 Å². The van der Waals surface area contributed by atoms with Crippen molar-refractivity contribution in [1.29, 1.82) is 0 Å². The Morgan fingerprint density at radius 2 is 2.00 bits per heavy atom. The van der Waals surface area contributed by atoms with Crippen molar-refractivity contribution in [2.75, 3.05) is 0 Å². The van der Waals surface area contributed by atoms with Crippen molar-refractivity contribution in [3.63, 3.8) is 0 Å². The molecule has 1 rings (SSSR count). The minimum atomic E-state index is -0.140. The van der Waals surface area contributed by atoms with Gasteiger partial charge in [0.25, 0.3) is 0 Å². The van der Waals surface area contributed by atoms with Gasteiger partial charge in [0, 0.05) is 36.5 Å². The third-order valence-corrected chi connectivity index (χ3v) is 3.08. The molecular weight excluding hydrogens is 208 g/mol. The molecule has 0 aliphatic rings. The molecule has 0 aliphatic heterocycles. The first-order valence-corrected chi connectivity index (χ1v) is 5.29. The number of hydrogen-bond donors (Lipinski definition) is 1. The van der Waals surface area contributed by atoms with Crippen molar-refractivity contribution in [2.24, 2.45) is 11.1 Å². The fourth-order valence-corrected chi connectivity index (χ4v) is 1.23. The molecular formula is C11H16N2OS. The standard InChI is InChI=1S/C11H16N2OS/c1-11(2,10(12)15)5-8-13-6-3-9(14)4-7-13/h3-4,6-7H,5,8H2,1-2H3,(H2,12,15). The average molecular weight is 224 g/mol. The van der Waals surface area contributed by atoms with Crippen LogP contribution < -0.4 is 11.2 Å². The third-order valence-electron chi connectivity index (χ3n) is 2.52. The van der Waals surface area contributed by atoms with Gasteiger partial charge < -0.3 is 10.3 Å². The minimum Gasteiger partial charge on any atom is -0.393 e. The number of rotatable bonds is 4. The fourth-order valence-electron chi connectivity index (χ4n) is 1.12. The van der Waals surface area contributed by atoms with Gasteiger partial charge in [-0.1, -0.05) is 26.1 Å². The van der Waals surface area contributed by atoms with Crippen LogP contribution in [0.1, 0.15) is 20.3 Å². The summed E-state index contributed by atoms with van der Waals surface area (Å²) in [5.41, 5.74) is 5.52. The summed E-state index contributed by atoms with van der Waals surface area (Å²) < 4.78 is 1.96. The molecule has 0 atom stereocenters. The molecule has 0 aliphatic carbocycles. The molecule has 4 heteroatoms. The van der Waals surface area contributed by atoms with Crippen LogP contribution >= 0.6 is 12.2 Å². The maximum absolute atomic E-state index is 10.9. The van der Waals surface area contributed by atoms with Gasteiger partial charge in [0.2, 0.25) is 0 Å². The first kappa shape index (κ1) is 11.9. The van der Waals surface area contributed by atoms with E-state index in [1.807, 2.05) is 18.4 Å². The third kappa shape index (κ3) is 3.47. The van der Waals surface area contributed by atoms with Gasteiger partial charge in [-0.05, 0) is 6.42 Å². The van der Waals surface area contributed by atoms with Gasteiger partial charge in [0.05, 0.1) is 4.99 Å². The first-order chi connectivity index (χ1) is 6.92. The second-order valence-electron chi connectivity index (χ2n) is 4.27. The van der Waals surface area contributed by atoms with Crippen molar-refractivity contribution in [2.45, 2.75) is 26.8 Å². The molecule has 1 heterocycles. The van der Waals surface area contributed by atoms with E-state index in [1.54, 1.807) is 24.5 Å². The van der Waals surface area contributed by atoms with Crippen LogP contribution in [0.15, 0.2) is 29.3 Å². The molecule has 0 amide bonds. The zero-order chi connectivity index (χ0) is 11.5. The van der Waals surface area contributed by atoms with Gasteiger partial charge in [-0.2, -0.15) is 0 Å². The van der Waals surface area contributed by atoms with Gasteiger partial charge in [-0.15, -0.1) is 0 Å². The van der Waals surface area contributed by atoms with E-state index in [1.165, 1.54) is 0 Å². The second kappa shape index (κ2) is 4.57. The number of aryl methyl sites for hydroxylation is 1. The zero-order valence-corrected chi connectivity index (χ0v) is 9.88. The van der Waals surface area contributed by atoms with E-state index >= 15 is 0 Å². The fraction of sp³-hybridized carbons (Fsp3) is 0.455. The molecule has 82 valence electrons. The highest BCUT2D eigenvalue weighted by Gasteiger charge is 2.20. The number of pyridine rings is 1. The molecule has 0 fully saturated rings. The molecule has 0 spiro atoms. The number of aromatic nitrogens is 1. The van der Waals surface area contributed by atoms with Gasteiger partial charge in [-0.25, -0.2) is 0 Å². The number of nitrogens with zero attached hydrogens (tertiary/aromatic N) is 1. The molecule has 0 radical (unpaired) electrons. The largest absolute Gasteiger partial charge is 0.393 e. The van der Waals surface area contributed by atoms with Gasteiger partial charge in [0.15, 0.2) is 5.43 Å². The maximum atomic E-state index is 10.9. The smallest absolute Gasteiger partial charge is 0.181 e. The molecule has 3 nitrogen and oxygen atoms in total. The molecule has 2 N–H and O–H groups in total. The van der Waals surface area contributed by atoms with Gasteiger partial charge in [0.1, 0.15) is 0 Å². The van der Waals surface area contributed by atoms with Crippen LogP contribution in [0.2, 0.25) is 0 Å². The van der Waals surface area contributed by atoms with Crippen LogP contribution in [-0.2, 0) is 6.54 Å². The monoisotopic (exact) mass is 224 g/mol. The summed E-state index contributed by atoms with van der Waals surface area (Å²) in [6.45, 7) is 4.86. The average Bonchev–Trinajstić information content (AvgIpc) is 2.17. The predicted molar refractivity (Wildman–Crippen MR) is 65.9 cm³/mol. The Balaban J connectivity index is 2.61. The molecule has 0 unspecified atom stereocenters. The van der Waals surface area contributed by atoms with Crippen LogP contribution in [0, 0.1) is 5.41 Å². The predicted octanol–water partition coefficient (Wildman–Crippen LogP) is 1.55. The van der Waals surface area contributed by atoms with E-state index in [0.717, 1.165) is 13.0 Å². The highest BCUT2D eigenvalue weighted by Crippen LogP contribution is 2.21. The van der Waals surface area contributed by atoms with E-state index in [2.05, 4.69) is 0 Å². The van der Waals surface area contributed by atoms with Crippen molar-refractivity contribution in [3.8, 4) is 0 Å². The lowest BCUT2D eigenvalue weighted by molar-refractivity contribution is 0.434. The number of thiocarbonyl (C=S) groups is 1. The SMILES string of the molecule is CC(C)(CCn1ccc(=O)cc1)C(N)=S. The summed E-state index contributed by atoms with van der Waals surface area (Å²) in [5.74, 6) is 0. The highest BCUT2D eigenvalue weighted by atomic mass is 32.1. The van der Waals surface area contributed by atoms with Crippen LogP contribution in [0.5, 0.6) is 0 Å². The van der Waals surface area contributed by atoms with Crippen molar-refractivity contribution < 1.29 is 0 Å². The van der Waals surface area contributed by atoms with E-state index in [-0.39, 0.29) is 10.8 Å². The summed E-state index contributed by atoms with van der Waals surface area (Å²) in [5, 5.41) is 0. The van der Waals surface area contributed by atoms with E-state index in [0.29, 0.717) is 4.99 Å². The lowest BCUT2D eigenvalue weighted by Crippen LogP contribution is -2.30.